The van der Waals surface area contributed by atoms with Gasteiger partial charge in [-0.1, -0.05) is 44.2 Å². The molecule has 1 saturated heterocycles. The predicted molar refractivity (Wildman–Crippen MR) is 93.8 cm³/mol. The van der Waals surface area contributed by atoms with Gasteiger partial charge < -0.3 is 9.72 Å². The van der Waals surface area contributed by atoms with Crippen LogP contribution < -0.4 is 4.90 Å². The van der Waals surface area contributed by atoms with Gasteiger partial charge in [-0.25, -0.2) is 9.97 Å². The number of carbonyl (C=O) groups is 1. The third kappa shape index (κ3) is 3.00. The molecule has 6 heteroatoms. The van der Waals surface area contributed by atoms with Gasteiger partial charge in [-0.05, 0) is 6.07 Å². The summed E-state index contributed by atoms with van der Waals surface area (Å²) >= 11 is 0. The molecule has 24 heavy (non-hydrogen) atoms. The Morgan fingerprint density at radius 3 is 2.67 bits per heavy atom. The van der Waals surface area contributed by atoms with Crippen molar-refractivity contribution in [3.05, 3.63) is 42.6 Å². The van der Waals surface area contributed by atoms with Gasteiger partial charge in [0, 0.05) is 11.8 Å². The van der Waals surface area contributed by atoms with Gasteiger partial charge in [-0.3, -0.25) is 9.69 Å². The first kappa shape index (κ1) is 16.1. The molecule has 0 spiro atoms. The Kier molecular flexibility index (Phi) is 4.86. The molecule has 0 atom stereocenters. The highest BCUT2D eigenvalue weighted by molar-refractivity contribution is 6.01. The van der Waals surface area contributed by atoms with Crippen LogP contribution in [0.5, 0.6) is 0 Å². The van der Waals surface area contributed by atoms with Crippen molar-refractivity contribution < 1.29 is 9.53 Å². The number of H-pyrrole nitrogens is 1. The van der Waals surface area contributed by atoms with Gasteiger partial charge in [-0.15, -0.1) is 0 Å². The summed E-state index contributed by atoms with van der Waals surface area (Å²) in [6, 6.07) is 11.6. The van der Waals surface area contributed by atoms with E-state index >= 15 is 0 Å². The van der Waals surface area contributed by atoms with Gasteiger partial charge >= 0.3 is 0 Å². The number of carbonyl (C=O) groups excluding carboxylic acids is 1. The van der Waals surface area contributed by atoms with Gasteiger partial charge in [0.2, 0.25) is 0 Å². The topological polar surface area (TPSA) is 71.1 Å². The van der Waals surface area contributed by atoms with Crippen LogP contribution in [0.3, 0.4) is 0 Å². The van der Waals surface area contributed by atoms with Crippen LogP contribution in [0.4, 0.5) is 5.82 Å². The molecule has 2 aromatic heterocycles. The van der Waals surface area contributed by atoms with Crippen molar-refractivity contribution in [3.63, 3.8) is 0 Å². The molecule has 1 aliphatic rings. The molecular weight excluding hydrogens is 304 g/mol. The molecule has 1 fully saturated rings. The smallest absolute Gasteiger partial charge is 0.254 e. The van der Waals surface area contributed by atoms with Crippen LogP contribution in [0.15, 0.2) is 42.6 Å². The highest BCUT2D eigenvalue weighted by Gasteiger charge is 2.24. The monoisotopic (exact) mass is 324 g/mol. The third-order valence-corrected chi connectivity index (χ3v) is 3.66. The molecule has 3 aromatic rings. The van der Waals surface area contributed by atoms with Gasteiger partial charge in [-0.2, -0.15) is 0 Å². The maximum Gasteiger partial charge on any atom is 0.254 e. The van der Waals surface area contributed by atoms with Crippen LogP contribution in [-0.4, -0.2) is 40.6 Å². The average molecular weight is 324 g/mol. The van der Waals surface area contributed by atoms with Crippen LogP contribution in [-0.2, 0) is 9.53 Å². The van der Waals surface area contributed by atoms with Crippen molar-refractivity contribution in [1.29, 1.82) is 0 Å². The molecule has 124 valence electrons. The molecule has 1 N–H and O–H groups in total. The fourth-order valence-corrected chi connectivity index (χ4v) is 2.58. The van der Waals surface area contributed by atoms with E-state index in [9.17, 15) is 4.79 Å². The van der Waals surface area contributed by atoms with E-state index in [2.05, 4.69) is 15.0 Å². The second-order valence-electron chi connectivity index (χ2n) is 5.07. The number of rotatable bonds is 2. The molecule has 0 saturated carbocycles. The van der Waals surface area contributed by atoms with E-state index in [1.54, 1.807) is 4.90 Å². The number of hydrogen-bond donors (Lipinski definition) is 1. The zero-order chi connectivity index (χ0) is 16.9. The zero-order valence-electron chi connectivity index (χ0n) is 13.8. The molecule has 1 aliphatic heterocycles. The highest BCUT2D eigenvalue weighted by Crippen LogP contribution is 2.27. The first-order chi connectivity index (χ1) is 11.8. The summed E-state index contributed by atoms with van der Waals surface area (Å²) in [7, 11) is 0. The maximum absolute atomic E-state index is 12.1. The summed E-state index contributed by atoms with van der Waals surface area (Å²) < 4.78 is 5.20. The molecule has 4 rings (SSSR count). The number of morpholine rings is 1. The number of ether oxygens (including phenoxy) is 1. The molecule has 0 bridgehead atoms. The number of amides is 1. The second kappa shape index (κ2) is 7.23. The standard InChI is InChI=1S/C16H14N4O2.C2H6/c21-13-10-22-9-8-20(13)16-14-12(6-7-17-14)18-15(19-16)11-4-2-1-3-5-11;1-2/h1-7,17H,8-10H2;1-2H3. The molecular formula is C18H20N4O2. The lowest BCUT2D eigenvalue weighted by Crippen LogP contribution is -2.42. The molecule has 0 radical (unpaired) electrons. The quantitative estimate of drug-likeness (QED) is 0.786. The molecule has 3 heterocycles. The van der Waals surface area contributed by atoms with Crippen LogP contribution in [0.25, 0.3) is 22.4 Å². The van der Waals surface area contributed by atoms with E-state index in [0.717, 1.165) is 16.6 Å². The Balaban J connectivity index is 0.000000815. The fourth-order valence-electron chi connectivity index (χ4n) is 2.58. The van der Waals surface area contributed by atoms with Gasteiger partial charge in [0.05, 0.1) is 18.7 Å². The Labute approximate surface area is 140 Å². The van der Waals surface area contributed by atoms with Crippen molar-refractivity contribution >= 4 is 22.8 Å². The minimum atomic E-state index is -0.0835. The summed E-state index contributed by atoms with van der Waals surface area (Å²) in [6.45, 7) is 5.10. The average Bonchev–Trinajstić information content (AvgIpc) is 3.12. The van der Waals surface area contributed by atoms with Gasteiger partial charge in [0.25, 0.3) is 5.91 Å². The minimum absolute atomic E-state index is 0.0835. The predicted octanol–water partition coefficient (Wildman–Crippen LogP) is 3.01. The maximum atomic E-state index is 12.1. The van der Waals surface area contributed by atoms with Crippen molar-refractivity contribution in [2.24, 2.45) is 0 Å². The van der Waals surface area contributed by atoms with E-state index in [4.69, 9.17) is 4.74 Å². The van der Waals surface area contributed by atoms with Crippen LogP contribution in [0.1, 0.15) is 13.8 Å². The van der Waals surface area contributed by atoms with Crippen LogP contribution >= 0.6 is 0 Å². The fraction of sp³-hybridized carbons (Fsp3) is 0.278. The van der Waals surface area contributed by atoms with E-state index in [0.29, 0.717) is 24.8 Å². The van der Waals surface area contributed by atoms with E-state index in [-0.39, 0.29) is 12.5 Å². The summed E-state index contributed by atoms with van der Waals surface area (Å²) in [5.41, 5.74) is 2.49. The third-order valence-electron chi connectivity index (χ3n) is 3.66. The van der Waals surface area contributed by atoms with Crippen molar-refractivity contribution in [3.8, 4) is 11.4 Å². The first-order valence-corrected chi connectivity index (χ1v) is 8.11. The number of nitrogens with one attached hydrogen (secondary N) is 1. The number of hydrogen-bond acceptors (Lipinski definition) is 4. The van der Waals surface area contributed by atoms with Crippen molar-refractivity contribution in [2.45, 2.75) is 13.8 Å². The Morgan fingerprint density at radius 1 is 1.12 bits per heavy atom. The van der Waals surface area contributed by atoms with Gasteiger partial charge in [0.1, 0.15) is 12.1 Å². The minimum Gasteiger partial charge on any atom is -0.370 e. The normalized spacial score (nSPS) is 14.4. The van der Waals surface area contributed by atoms with E-state index < -0.39 is 0 Å². The van der Waals surface area contributed by atoms with Gasteiger partial charge in [0.15, 0.2) is 11.6 Å². The number of aromatic nitrogens is 3. The Morgan fingerprint density at radius 2 is 1.92 bits per heavy atom. The molecule has 1 amide bonds. The number of benzene rings is 1. The SMILES string of the molecule is CC.O=C1COCCN1c1nc(-c2ccccc2)nc2cc[nH]c12. The summed E-state index contributed by atoms with van der Waals surface area (Å²) in [5.74, 6) is 1.14. The molecule has 0 unspecified atom stereocenters. The molecule has 0 aliphatic carbocycles. The van der Waals surface area contributed by atoms with Crippen LogP contribution in [0.2, 0.25) is 0 Å². The van der Waals surface area contributed by atoms with E-state index in [1.165, 1.54) is 0 Å². The Bertz CT molecular complexity index is 829. The Hall–Kier alpha value is -2.73. The van der Waals surface area contributed by atoms with E-state index in [1.807, 2.05) is 56.4 Å². The lowest BCUT2D eigenvalue weighted by Gasteiger charge is -2.26. The zero-order valence-corrected chi connectivity index (χ0v) is 13.8. The number of aromatic amines is 1. The first-order valence-electron chi connectivity index (χ1n) is 8.11. The summed E-state index contributed by atoms with van der Waals surface area (Å²) in [5, 5.41) is 0. The largest absolute Gasteiger partial charge is 0.370 e. The van der Waals surface area contributed by atoms with Crippen LogP contribution in [0, 0.1) is 0 Å². The number of fused-ring (bicyclic) bond motifs is 1. The van der Waals surface area contributed by atoms with Crippen molar-refractivity contribution in [1.82, 2.24) is 15.0 Å². The lowest BCUT2D eigenvalue weighted by atomic mass is 10.2. The second-order valence-corrected chi connectivity index (χ2v) is 5.07. The number of anilines is 1. The highest BCUT2D eigenvalue weighted by atomic mass is 16.5. The number of nitrogens with zero attached hydrogens (tertiary/aromatic N) is 3. The molecule has 1 aromatic carbocycles. The summed E-state index contributed by atoms with van der Waals surface area (Å²) in [4.78, 5) is 26.1. The molecule has 6 nitrogen and oxygen atoms in total. The lowest BCUT2D eigenvalue weighted by molar-refractivity contribution is -0.125. The van der Waals surface area contributed by atoms with Crippen molar-refractivity contribution in [2.75, 3.05) is 24.7 Å². The summed E-state index contributed by atoms with van der Waals surface area (Å²) in [6.07, 6.45) is 1.81.